The van der Waals surface area contributed by atoms with Gasteiger partial charge in [0.05, 0.1) is 12.6 Å². The highest BCUT2D eigenvalue weighted by molar-refractivity contribution is 5.85. The lowest BCUT2D eigenvalue weighted by atomic mass is 10.0. The number of hydrazone groups is 1. The summed E-state index contributed by atoms with van der Waals surface area (Å²) in [5.74, 6) is 2.88. The van der Waals surface area contributed by atoms with Crippen LogP contribution in [-0.2, 0) is 11.2 Å². The number of carbonyl (C=O) groups excluding carboxylic acids is 1. The molecule has 1 N–H and O–H groups in total. The minimum Gasteiger partial charge on any atom is -0.480 e. The van der Waals surface area contributed by atoms with Crippen LogP contribution < -0.4 is 10.2 Å². The molecule has 0 spiro atoms. The number of aryl methyl sites for hydroxylation is 2. The minimum absolute atomic E-state index is 0.166. The molecule has 0 radical (unpaired) electrons. The van der Waals surface area contributed by atoms with Crippen molar-refractivity contribution in [1.82, 2.24) is 5.43 Å². The van der Waals surface area contributed by atoms with Crippen molar-refractivity contribution in [2.75, 3.05) is 6.61 Å². The number of carbonyl (C=O) groups is 1. The Labute approximate surface area is 142 Å². The van der Waals surface area contributed by atoms with E-state index in [1.807, 2.05) is 44.2 Å². The van der Waals surface area contributed by atoms with Crippen molar-refractivity contribution < 1.29 is 9.53 Å². The third-order valence-corrected chi connectivity index (χ3v) is 3.47. The van der Waals surface area contributed by atoms with E-state index >= 15 is 0 Å². The van der Waals surface area contributed by atoms with Crippen LogP contribution in [0.2, 0.25) is 0 Å². The van der Waals surface area contributed by atoms with Gasteiger partial charge in [-0.25, -0.2) is 5.43 Å². The summed E-state index contributed by atoms with van der Waals surface area (Å²) in [5.41, 5.74) is 6.56. The number of benzene rings is 2. The Hall–Kier alpha value is -3.06. The van der Waals surface area contributed by atoms with Gasteiger partial charge in [-0.15, -0.1) is 6.42 Å². The molecule has 0 aliphatic rings. The van der Waals surface area contributed by atoms with Gasteiger partial charge in [0.25, 0.3) is 0 Å². The molecule has 24 heavy (non-hydrogen) atoms. The summed E-state index contributed by atoms with van der Waals surface area (Å²) in [5, 5.41) is 4.00. The fourth-order valence-electron chi connectivity index (χ4n) is 2.27. The van der Waals surface area contributed by atoms with Crippen molar-refractivity contribution >= 4 is 12.1 Å². The number of nitrogens with one attached hydrogen (secondary N) is 1. The highest BCUT2D eigenvalue weighted by Gasteiger charge is 2.05. The monoisotopic (exact) mass is 320 g/mol. The smallest absolute Gasteiger partial charge is 0.244 e. The fraction of sp³-hybridized carbons (Fsp3) is 0.200. The molecule has 4 heteroatoms. The SMILES string of the molecule is C#CCOc1ccccc1/C=N\NC(=O)Cc1ccc(C)cc1C. The van der Waals surface area contributed by atoms with Crippen LogP contribution in [-0.4, -0.2) is 18.7 Å². The van der Waals surface area contributed by atoms with Crippen LogP contribution >= 0.6 is 0 Å². The summed E-state index contributed by atoms with van der Waals surface area (Å²) in [6.45, 7) is 4.21. The summed E-state index contributed by atoms with van der Waals surface area (Å²) in [6, 6.07) is 13.4. The van der Waals surface area contributed by atoms with Gasteiger partial charge in [-0.2, -0.15) is 5.10 Å². The molecule has 0 unspecified atom stereocenters. The van der Waals surface area contributed by atoms with Crippen LogP contribution in [0.25, 0.3) is 0 Å². The van der Waals surface area contributed by atoms with Crippen LogP contribution in [0.4, 0.5) is 0 Å². The van der Waals surface area contributed by atoms with Gasteiger partial charge in [0, 0.05) is 5.56 Å². The Morgan fingerprint density at radius 3 is 2.83 bits per heavy atom. The average molecular weight is 320 g/mol. The van der Waals surface area contributed by atoms with E-state index in [4.69, 9.17) is 11.2 Å². The number of terminal acetylenes is 1. The first-order valence-corrected chi connectivity index (χ1v) is 7.63. The van der Waals surface area contributed by atoms with Gasteiger partial charge >= 0.3 is 0 Å². The predicted molar refractivity (Wildman–Crippen MR) is 96.1 cm³/mol. The summed E-state index contributed by atoms with van der Waals surface area (Å²) in [6.07, 6.45) is 7.03. The van der Waals surface area contributed by atoms with E-state index in [0.717, 1.165) is 16.7 Å². The lowest BCUT2D eigenvalue weighted by Crippen LogP contribution is -2.20. The fourth-order valence-corrected chi connectivity index (χ4v) is 2.27. The maximum absolute atomic E-state index is 12.0. The van der Waals surface area contributed by atoms with Crippen molar-refractivity contribution in [3.8, 4) is 18.1 Å². The second-order valence-corrected chi connectivity index (χ2v) is 5.43. The normalized spacial score (nSPS) is 10.4. The Balaban J connectivity index is 1.96. The van der Waals surface area contributed by atoms with Crippen molar-refractivity contribution in [2.45, 2.75) is 20.3 Å². The van der Waals surface area contributed by atoms with E-state index in [-0.39, 0.29) is 12.5 Å². The molecule has 0 saturated heterocycles. The van der Waals surface area contributed by atoms with Crippen molar-refractivity contribution in [1.29, 1.82) is 0 Å². The molecule has 0 saturated carbocycles. The maximum Gasteiger partial charge on any atom is 0.244 e. The standard InChI is InChI=1S/C20H20N2O2/c1-4-11-24-19-8-6-5-7-18(19)14-21-22-20(23)13-17-10-9-15(2)12-16(17)3/h1,5-10,12,14H,11,13H2,2-3H3,(H,22,23)/b21-14-. The molecule has 4 nitrogen and oxygen atoms in total. The van der Waals surface area contributed by atoms with Crippen LogP contribution in [0.15, 0.2) is 47.6 Å². The van der Waals surface area contributed by atoms with E-state index in [1.54, 1.807) is 12.3 Å². The number of amides is 1. The Morgan fingerprint density at radius 2 is 2.08 bits per heavy atom. The lowest BCUT2D eigenvalue weighted by Gasteiger charge is -2.07. The molecule has 0 aliphatic heterocycles. The van der Waals surface area contributed by atoms with Crippen LogP contribution in [0, 0.1) is 26.2 Å². The second-order valence-electron chi connectivity index (χ2n) is 5.43. The number of hydrogen-bond donors (Lipinski definition) is 1. The third kappa shape index (κ3) is 4.99. The number of rotatable bonds is 6. The molecule has 0 heterocycles. The maximum atomic E-state index is 12.0. The minimum atomic E-state index is -0.166. The molecule has 2 rings (SSSR count). The van der Waals surface area contributed by atoms with Gasteiger partial charge in [0.15, 0.2) is 0 Å². The zero-order chi connectivity index (χ0) is 17.4. The van der Waals surface area contributed by atoms with Gasteiger partial charge in [0.1, 0.15) is 12.4 Å². The number of para-hydroxylation sites is 1. The largest absolute Gasteiger partial charge is 0.480 e. The molecular weight excluding hydrogens is 300 g/mol. The molecule has 122 valence electrons. The molecule has 0 aliphatic carbocycles. The van der Waals surface area contributed by atoms with Gasteiger partial charge in [-0.05, 0) is 37.1 Å². The van der Waals surface area contributed by atoms with Gasteiger partial charge in [-0.3, -0.25) is 4.79 Å². The first-order valence-electron chi connectivity index (χ1n) is 7.63. The van der Waals surface area contributed by atoms with E-state index < -0.39 is 0 Å². The molecule has 0 fully saturated rings. The first-order chi connectivity index (χ1) is 11.6. The number of hydrogen-bond acceptors (Lipinski definition) is 3. The average Bonchev–Trinajstić information content (AvgIpc) is 2.56. The summed E-state index contributed by atoms with van der Waals surface area (Å²) < 4.78 is 5.43. The topological polar surface area (TPSA) is 50.7 Å². The first kappa shape index (κ1) is 17.3. The third-order valence-electron chi connectivity index (χ3n) is 3.47. The molecule has 2 aromatic rings. The predicted octanol–water partition coefficient (Wildman–Crippen LogP) is 3.01. The van der Waals surface area contributed by atoms with Crippen molar-refractivity contribution in [2.24, 2.45) is 5.10 Å². The second kappa shape index (κ2) is 8.54. The number of ether oxygens (including phenoxy) is 1. The highest BCUT2D eigenvalue weighted by Crippen LogP contribution is 2.15. The molecule has 0 bridgehead atoms. The molecule has 2 aromatic carbocycles. The Bertz CT molecular complexity index is 788. The van der Waals surface area contributed by atoms with Crippen LogP contribution in [0.1, 0.15) is 22.3 Å². The van der Waals surface area contributed by atoms with Crippen LogP contribution in [0.3, 0.4) is 0 Å². The molecule has 0 atom stereocenters. The van der Waals surface area contributed by atoms with Gasteiger partial charge in [-0.1, -0.05) is 41.8 Å². The van der Waals surface area contributed by atoms with Crippen molar-refractivity contribution in [3.05, 3.63) is 64.7 Å². The van der Waals surface area contributed by atoms with Crippen molar-refractivity contribution in [3.63, 3.8) is 0 Å². The lowest BCUT2D eigenvalue weighted by molar-refractivity contribution is -0.120. The van der Waals surface area contributed by atoms with E-state index in [0.29, 0.717) is 12.2 Å². The van der Waals surface area contributed by atoms with E-state index in [2.05, 4.69) is 22.5 Å². The zero-order valence-corrected chi connectivity index (χ0v) is 13.9. The zero-order valence-electron chi connectivity index (χ0n) is 13.9. The quantitative estimate of drug-likeness (QED) is 0.505. The molecule has 1 amide bonds. The molecule has 0 aromatic heterocycles. The summed E-state index contributed by atoms with van der Waals surface area (Å²) >= 11 is 0. The molecular formula is C20H20N2O2. The van der Waals surface area contributed by atoms with E-state index in [1.165, 1.54) is 5.56 Å². The summed E-state index contributed by atoms with van der Waals surface area (Å²) in [4.78, 5) is 12.0. The van der Waals surface area contributed by atoms with E-state index in [9.17, 15) is 4.79 Å². The Morgan fingerprint density at radius 1 is 1.29 bits per heavy atom. The van der Waals surface area contributed by atoms with Gasteiger partial charge < -0.3 is 4.74 Å². The Kier molecular flexibility index (Phi) is 6.16. The highest BCUT2D eigenvalue weighted by atomic mass is 16.5. The van der Waals surface area contributed by atoms with Gasteiger partial charge in [0.2, 0.25) is 5.91 Å². The summed E-state index contributed by atoms with van der Waals surface area (Å²) in [7, 11) is 0. The number of nitrogens with zero attached hydrogens (tertiary/aromatic N) is 1. The van der Waals surface area contributed by atoms with Crippen LogP contribution in [0.5, 0.6) is 5.75 Å².